The molecule has 0 unspecified atom stereocenters. The fourth-order valence-corrected chi connectivity index (χ4v) is 2.62. The molecule has 1 aliphatic heterocycles. The van der Waals surface area contributed by atoms with Gasteiger partial charge in [-0.1, -0.05) is 40.5 Å². The van der Waals surface area contributed by atoms with Gasteiger partial charge in [0.2, 0.25) is 0 Å². The molecule has 0 aromatic carbocycles. The number of carbonyl (C=O) groups is 4. The summed E-state index contributed by atoms with van der Waals surface area (Å²) < 4.78 is 9.88. The minimum Gasteiger partial charge on any atom is -0.444 e. The van der Waals surface area contributed by atoms with Crippen molar-refractivity contribution in [2.75, 3.05) is 0 Å². The quantitative estimate of drug-likeness (QED) is 0.570. The number of imide groups is 1. The first-order valence-electron chi connectivity index (χ1n) is 9.01. The number of nitrogens with one attached hydrogen (secondary N) is 1. The van der Waals surface area contributed by atoms with Gasteiger partial charge in [0.1, 0.15) is 17.7 Å². The Bertz CT molecular complexity index is 569. The van der Waals surface area contributed by atoms with Gasteiger partial charge in [0.25, 0.3) is 5.91 Å². The highest BCUT2D eigenvalue weighted by molar-refractivity contribution is 6.07. The van der Waals surface area contributed by atoms with E-state index < -0.39 is 41.7 Å². The Morgan fingerprint density at radius 2 is 1.77 bits per heavy atom. The molecule has 26 heavy (non-hydrogen) atoms. The van der Waals surface area contributed by atoms with Crippen LogP contribution in [0, 0.1) is 11.8 Å². The number of hydrogen-bond acceptors (Lipinski definition) is 6. The predicted molar refractivity (Wildman–Crippen MR) is 94.2 cm³/mol. The Labute approximate surface area is 154 Å². The van der Waals surface area contributed by atoms with Gasteiger partial charge in [-0.2, -0.15) is 0 Å². The second-order valence-electron chi connectivity index (χ2n) is 7.74. The highest BCUT2D eigenvalue weighted by Crippen LogP contribution is 2.26. The third-order valence-corrected chi connectivity index (χ3v) is 4.48. The van der Waals surface area contributed by atoms with E-state index in [2.05, 4.69) is 10.1 Å². The van der Waals surface area contributed by atoms with Gasteiger partial charge in [-0.25, -0.2) is 19.3 Å². The third-order valence-electron chi connectivity index (χ3n) is 4.48. The van der Waals surface area contributed by atoms with E-state index in [0.29, 0.717) is 12.8 Å². The maximum Gasteiger partial charge on any atom is 0.425 e. The Morgan fingerprint density at radius 3 is 2.23 bits per heavy atom. The van der Waals surface area contributed by atoms with Gasteiger partial charge in [-0.15, -0.1) is 0 Å². The fraction of sp³-hybridized carbons (Fsp3) is 0.778. The number of rotatable bonds is 6. The lowest BCUT2D eigenvalue weighted by Crippen LogP contribution is -2.56. The van der Waals surface area contributed by atoms with Crippen LogP contribution in [0.4, 0.5) is 9.59 Å². The summed E-state index contributed by atoms with van der Waals surface area (Å²) in [5, 5.41) is 2.54. The number of carbonyl (C=O) groups excluding carboxylic acids is 4. The molecule has 1 saturated heterocycles. The average molecular weight is 370 g/mol. The molecule has 1 aliphatic rings. The van der Waals surface area contributed by atoms with Crippen molar-refractivity contribution in [1.29, 1.82) is 0 Å². The number of hydrogen-bond donors (Lipinski definition) is 1. The van der Waals surface area contributed by atoms with E-state index in [9.17, 15) is 19.2 Å². The lowest BCUT2D eigenvalue weighted by atomic mass is 9.94. The minimum atomic E-state index is -1.00. The average Bonchev–Trinajstić information content (AvgIpc) is 2.83. The molecule has 0 radical (unpaired) electrons. The van der Waals surface area contributed by atoms with E-state index in [1.54, 1.807) is 34.6 Å². The Hall–Kier alpha value is -2.12. The Balaban J connectivity index is 3.09. The first-order chi connectivity index (χ1) is 11.9. The van der Waals surface area contributed by atoms with Crippen LogP contribution in [0.15, 0.2) is 0 Å². The van der Waals surface area contributed by atoms with Crippen molar-refractivity contribution < 1.29 is 28.7 Å². The van der Waals surface area contributed by atoms with Crippen molar-refractivity contribution in [2.24, 2.45) is 11.8 Å². The van der Waals surface area contributed by atoms with Gasteiger partial charge >= 0.3 is 18.2 Å². The summed E-state index contributed by atoms with van der Waals surface area (Å²) in [6.45, 7) is 12.4. The maximum absolute atomic E-state index is 13.0. The van der Waals surface area contributed by atoms with Gasteiger partial charge in [-0.05, 0) is 32.6 Å². The van der Waals surface area contributed by atoms with Crippen LogP contribution in [0.5, 0.6) is 0 Å². The molecule has 1 N–H and O–H groups in total. The molecule has 0 bridgehead atoms. The predicted octanol–water partition coefficient (Wildman–Crippen LogP) is 2.85. The Kier molecular flexibility index (Phi) is 7.17. The van der Waals surface area contributed by atoms with E-state index in [1.807, 2.05) is 13.8 Å². The second kappa shape index (κ2) is 8.51. The summed E-state index contributed by atoms with van der Waals surface area (Å²) in [4.78, 5) is 50.1. The van der Waals surface area contributed by atoms with Crippen LogP contribution < -0.4 is 5.32 Å². The fourth-order valence-electron chi connectivity index (χ4n) is 2.62. The normalized spacial score (nSPS) is 21.0. The molecule has 0 aromatic rings. The molecule has 4 atom stereocenters. The first-order valence-corrected chi connectivity index (χ1v) is 9.01. The van der Waals surface area contributed by atoms with Crippen LogP contribution in [0.3, 0.4) is 0 Å². The molecule has 148 valence electrons. The summed E-state index contributed by atoms with van der Waals surface area (Å²) in [6.07, 6.45) is -0.582. The number of alkyl carbamates (subject to hydrolysis) is 1. The molecule has 0 saturated carbocycles. The van der Waals surface area contributed by atoms with E-state index in [1.165, 1.54) is 0 Å². The van der Waals surface area contributed by atoms with Crippen molar-refractivity contribution in [2.45, 2.75) is 79.0 Å². The van der Waals surface area contributed by atoms with Crippen molar-refractivity contribution in [3.8, 4) is 0 Å². The number of cyclic esters (lactones) is 2. The van der Waals surface area contributed by atoms with E-state index >= 15 is 0 Å². The third kappa shape index (κ3) is 5.19. The second-order valence-corrected chi connectivity index (χ2v) is 7.74. The van der Waals surface area contributed by atoms with Crippen LogP contribution in [0.1, 0.15) is 61.3 Å². The van der Waals surface area contributed by atoms with Crippen molar-refractivity contribution in [3.05, 3.63) is 0 Å². The van der Waals surface area contributed by atoms with Gasteiger partial charge < -0.3 is 14.8 Å². The molecule has 8 nitrogen and oxygen atoms in total. The molecule has 1 heterocycles. The van der Waals surface area contributed by atoms with Crippen molar-refractivity contribution in [1.82, 2.24) is 10.2 Å². The summed E-state index contributed by atoms with van der Waals surface area (Å²) in [5.41, 5.74) is -0.727. The highest BCUT2D eigenvalue weighted by Gasteiger charge is 2.49. The number of nitrogens with zero attached hydrogens (tertiary/aromatic N) is 1. The summed E-state index contributed by atoms with van der Waals surface area (Å²) in [7, 11) is 0. The zero-order chi connectivity index (χ0) is 20.2. The van der Waals surface area contributed by atoms with Gasteiger partial charge in [0, 0.05) is 0 Å². The van der Waals surface area contributed by atoms with Crippen LogP contribution in [0.25, 0.3) is 0 Å². The largest absolute Gasteiger partial charge is 0.444 e. The van der Waals surface area contributed by atoms with Crippen LogP contribution in [-0.4, -0.2) is 46.6 Å². The molecule has 1 fully saturated rings. The topological polar surface area (TPSA) is 102 Å². The molecule has 3 amide bonds. The van der Waals surface area contributed by atoms with E-state index in [4.69, 9.17) is 4.74 Å². The number of ether oxygens (including phenoxy) is 2. The van der Waals surface area contributed by atoms with Gasteiger partial charge in [0.15, 0.2) is 0 Å². The standard InChI is InChI=1S/C18H30N2O6/c1-8-10(3)12(19-16(23)26-18(5,6)7)14(21)20-13(11(4)9-2)15(22)25-17(20)24/h10-13H,8-9H2,1-7H3,(H,19,23)/t10-,11-,12-,13-/m0/s1. The SMILES string of the molecule is CC[C@H](C)[C@H](NC(=O)OC(C)(C)C)C(=O)N1C(=O)OC(=O)[C@@H]1[C@@H](C)CC. The van der Waals surface area contributed by atoms with Crippen LogP contribution in [0.2, 0.25) is 0 Å². The summed E-state index contributed by atoms with van der Waals surface area (Å²) in [5.74, 6) is -1.92. The van der Waals surface area contributed by atoms with E-state index in [-0.39, 0.29) is 11.8 Å². The molecule has 0 spiro atoms. The molecule has 8 heteroatoms. The molecule has 0 aliphatic carbocycles. The number of amides is 3. The molecular weight excluding hydrogens is 340 g/mol. The minimum absolute atomic E-state index is 0.253. The van der Waals surface area contributed by atoms with Gasteiger partial charge in [-0.3, -0.25) is 4.79 Å². The monoisotopic (exact) mass is 370 g/mol. The first kappa shape index (κ1) is 21.9. The van der Waals surface area contributed by atoms with Crippen molar-refractivity contribution >= 4 is 24.1 Å². The number of esters is 1. The maximum atomic E-state index is 13.0. The smallest absolute Gasteiger partial charge is 0.425 e. The van der Waals surface area contributed by atoms with Crippen LogP contribution in [-0.2, 0) is 19.1 Å². The Morgan fingerprint density at radius 1 is 1.19 bits per heavy atom. The zero-order valence-electron chi connectivity index (χ0n) is 16.6. The molecule has 1 rings (SSSR count). The van der Waals surface area contributed by atoms with Gasteiger partial charge in [0.05, 0.1) is 0 Å². The summed E-state index contributed by atoms with van der Waals surface area (Å²) in [6, 6.07) is -1.98. The van der Waals surface area contributed by atoms with E-state index in [0.717, 1.165) is 4.90 Å². The van der Waals surface area contributed by atoms with Crippen molar-refractivity contribution in [3.63, 3.8) is 0 Å². The highest BCUT2D eigenvalue weighted by atomic mass is 16.6. The van der Waals surface area contributed by atoms with Crippen LogP contribution >= 0.6 is 0 Å². The lowest BCUT2D eigenvalue weighted by molar-refractivity contribution is -0.141. The molecule has 0 aromatic heterocycles. The molecular formula is C18H30N2O6. The lowest BCUT2D eigenvalue weighted by Gasteiger charge is -2.30. The summed E-state index contributed by atoms with van der Waals surface area (Å²) >= 11 is 0. The zero-order valence-corrected chi connectivity index (χ0v) is 16.6.